The first-order valence-corrected chi connectivity index (χ1v) is 6.70. The number of aryl methyl sites for hydroxylation is 1. The Kier molecular flexibility index (Phi) is 4.15. The van der Waals surface area contributed by atoms with Gasteiger partial charge in [-0.1, -0.05) is 15.9 Å². The molecule has 0 unspecified atom stereocenters. The van der Waals surface area contributed by atoms with E-state index < -0.39 is 0 Å². The second-order valence-corrected chi connectivity index (χ2v) is 5.45. The third-order valence-corrected chi connectivity index (χ3v) is 3.22. The highest BCUT2D eigenvalue weighted by atomic mass is 79.9. The summed E-state index contributed by atoms with van der Waals surface area (Å²) in [5, 5.41) is 3.21. The van der Waals surface area contributed by atoms with Crippen LogP contribution in [-0.2, 0) is 0 Å². The molecule has 1 aromatic carbocycles. The van der Waals surface area contributed by atoms with Gasteiger partial charge >= 0.3 is 0 Å². The van der Waals surface area contributed by atoms with Gasteiger partial charge < -0.3 is 5.32 Å². The van der Waals surface area contributed by atoms with Crippen molar-refractivity contribution in [2.45, 2.75) is 6.92 Å². The lowest BCUT2D eigenvalue weighted by atomic mass is 10.2. The van der Waals surface area contributed by atoms with Crippen molar-refractivity contribution in [1.29, 1.82) is 0 Å². The third-order valence-electron chi connectivity index (χ3n) is 2.18. The Labute approximate surface area is 121 Å². The molecule has 1 heterocycles. The molecular formula is C11H11Br2N5. The molecule has 0 fully saturated rings. The number of hydrazine groups is 1. The summed E-state index contributed by atoms with van der Waals surface area (Å²) in [6.07, 6.45) is 1.63. The fraction of sp³-hybridized carbons (Fsp3) is 0.0909. The van der Waals surface area contributed by atoms with E-state index in [0.29, 0.717) is 11.8 Å². The number of rotatable bonds is 3. The van der Waals surface area contributed by atoms with E-state index in [1.165, 1.54) is 0 Å². The topological polar surface area (TPSA) is 75.9 Å². The van der Waals surface area contributed by atoms with Crippen molar-refractivity contribution in [2.75, 3.05) is 10.7 Å². The van der Waals surface area contributed by atoms with E-state index >= 15 is 0 Å². The van der Waals surface area contributed by atoms with Crippen LogP contribution in [-0.4, -0.2) is 9.97 Å². The van der Waals surface area contributed by atoms with Crippen LogP contribution < -0.4 is 16.6 Å². The number of aromatic nitrogens is 2. The van der Waals surface area contributed by atoms with Gasteiger partial charge in [0.15, 0.2) is 0 Å². The number of hydrogen-bond acceptors (Lipinski definition) is 5. The fourth-order valence-corrected chi connectivity index (χ4v) is 2.37. The van der Waals surface area contributed by atoms with Gasteiger partial charge in [-0.15, -0.1) is 0 Å². The second kappa shape index (κ2) is 5.64. The number of hydrogen-bond donors (Lipinski definition) is 3. The molecule has 1 aromatic heterocycles. The molecule has 94 valence electrons. The van der Waals surface area contributed by atoms with Gasteiger partial charge in [0, 0.05) is 16.4 Å². The molecule has 0 spiro atoms. The first-order valence-electron chi connectivity index (χ1n) is 5.12. The third kappa shape index (κ3) is 3.18. The molecule has 2 aromatic rings. The highest BCUT2D eigenvalue weighted by Crippen LogP contribution is 2.26. The predicted molar refractivity (Wildman–Crippen MR) is 79.7 cm³/mol. The Bertz CT molecular complexity index is 553. The van der Waals surface area contributed by atoms with Gasteiger partial charge in [0.05, 0.1) is 4.47 Å². The van der Waals surface area contributed by atoms with E-state index in [-0.39, 0.29) is 0 Å². The predicted octanol–water partition coefficient (Wildman–Crippen LogP) is 3.34. The normalized spacial score (nSPS) is 10.2. The molecule has 2 rings (SSSR count). The van der Waals surface area contributed by atoms with Crippen molar-refractivity contribution < 1.29 is 0 Å². The molecule has 0 saturated heterocycles. The zero-order valence-corrected chi connectivity index (χ0v) is 12.7. The van der Waals surface area contributed by atoms with Crippen LogP contribution in [0.3, 0.4) is 0 Å². The zero-order chi connectivity index (χ0) is 13.1. The van der Waals surface area contributed by atoms with Crippen LogP contribution in [0, 0.1) is 6.92 Å². The Morgan fingerprint density at radius 2 is 2.00 bits per heavy atom. The van der Waals surface area contributed by atoms with Gasteiger partial charge in [-0.2, -0.15) is 4.98 Å². The maximum Gasteiger partial charge on any atom is 0.239 e. The Morgan fingerprint density at radius 1 is 1.22 bits per heavy atom. The quantitative estimate of drug-likeness (QED) is 0.569. The van der Waals surface area contributed by atoms with E-state index in [4.69, 9.17) is 5.84 Å². The Balaban J connectivity index is 2.33. The number of nitrogens with zero attached hydrogens (tertiary/aromatic N) is 2. The van der Waals surface area contributed by atoms with E-state index in [1.54, 1.807) is 6.20 Å². The van der Waals surface area contributed by atoms with Crippen molar-refractivity contribution in [3.8, 4) is 0 Å². The number of anilines is 3. The van der Waals surface area contributed by atoms with Gasteiger partial charge in [0.25, 0.3) is 0 Å². The minimum Gasteiger partial charge on any atom is -0.339 e. The number of nitrogen functional groups attached to an aromatic ring is 1. The largest absolute Gasteiger partial charge is 0.339 e. The highest BCUT2D eigenvalue weighted by Gasteiger charge is 2.05. The maximum atomic E-state index is 5.28. The molecule has 18 heavy (non-hydrogen) atoms. The summed E-state index contributed by atoms with van der Waals surface area (Å²) in [6.45, 7) is 2.03. The van der Waals surface area contributed by atoms with Crippen molar-refractivity contribution in [3.05, 3.63) is 38.9 Å². The first-order chi connectivity index (χ1) is 8.58. The Morgan fingerprint density at radius 3 is 2.67 bits per heavy atom. The molecule has 0 bridgehead atoms. The summed E-state index contributed by atoms with van der Waals surface area (Å²) in [5.41, 5.74) is 4.49. The van der Waals surface area contributed by atoms with Gasteiger partial charge in [0.2, 0.25) is 5.95 Å². The average molecular weight is 373 g/mol. The van der Waals surface area contributed by atoms with Crippen molar-refractivity contribution >= 4 is 49.3 Å². The molecule has 0 atom stereocenters. The average Bonchev–Trinajstić information content (AvgIpc) is 2.30. The number of halogens is 2. The minimum absolute atomic E-state index is 0.354. The lowest BCUT2D eigenvalue weighted by Crippen LogP contribution is -2.11. The summed E-state index contributed by atoms with van der Waals surface area (Å²) in [7, 11) is 0. The smallest absolute Gasteiger partial charge is 0.239 e. The van der Waals surface area contributed by atoms with Crippen LogP contribution in [0.1, 0.15) is 5.56 Å². The van der Waals surface area contributed by atoms with E-state index in [2.05, 4.69) is 52.6 Å². The molecule has 0 amide bonds. The summed E-state index contributed by atoms with van der Waals surface area (Å²) >= 11 is 6.84. The monoisotopic (exact) mass is 371 g/mol. The van der Waals surface area contributed by atoms with Crippen LogP contribution in [0.15, 0.2) is 33.3 Å². The fourth-order valence-electron chi connectivity index (χ4n) is 1.47. The molecule has 4 N–H and O–H groups in total. The summed E-state index contributed by atoms with van der Waals surface area (Å²) in [5.74, 6) is 6.29. The SMILES string of the molecule is Cc1cc(Br)cc(Nc2nc(NN)ncc2Br)c1. The second-order valence-electron chi connectivity index (χ2n) is 3.68. The van der Waals surface area contributed by atoms with Gasteiger partial charge in [-0.25, -0.2) is 10.8 Å². The molecule has 7 heteroatoms. The van der Waals surface area contributed by atoms with Gasteiger partial charge in [-0.3, -0.25) is 5.43 Å². The lowest BCUT2D eigenvalue weighted by Gasteiger charge is -2.10. The first kappa shape index (κ1) is 13.3. The van der Waals surface area contributed by atoms with E-state index in [9.17, 15) is 0 Å². The Hall–Kier alpha value is -1.18. The maximum absolute atomic E-state index is 5.28. The number of nitrogens with one attached hydrogen (secondary N) is 2. The summed E-state index contributed by atoms with van der Waals surface area (Å²) in [6, 6.07) is 6.03. The van der Waals surface area contributed by atoms with Crippen LogP contribution in [0.5, 0.6) is 0 Å². The van der Waals surface area contributed by atoms with Crippen LogP contribution in [0.2, 0.25) is 0 Å². The zero-order valence-electron chi connectivity index (χ0n) is 9.54. The molecule has 5 nitrogen and oxygen atoms in total. The molecule has 0 aliphatic heterocycles. The summed E-state index contributed by atoms with van der Waals surface area (Å²) in [4.78, 5) is 8.22. The van der Waals surface area contributed by atoms with Crippen LogP contribution in [0.4, 0.5) is 17.5 Å². The van der Waals surface area contributed by atoms with Gasteiger partial charge in [0.1, 0.15) is 5.82 Å². The van der Waals surface area contributed by atoms with Crippen molar-refractivity contribution in [1.82, 2.24) is 9.97 Å². The summed E-state index contributed by atoms with van der Waals surface area (Å²) < 4.78 is 1.77. The van der Waals surface area contributed by atoms with E-state index in [1.807, 2.05) is 25.1 Å². The molecular weight excluding hydrogens is 362 g/mol. The van der Waals surface area contributed by atoms with Crippen LogP contribution >= 0.6 is 31.9 Å². The number of benzene rings is 1. The highest BCUT2D eigenvalue weighted by molar-refractivity contribution is 9.10. The minimum atomic E-state index is 0.354. The standard InChI is InChI=1S/C11H11Br2N5/c1-6-2-7(12)4-8(3-6)16-10-9(13)5-15-11(17-10)18-14/h2-5H,14H2,1H3,(H2,15,16,17,18). The van der Waals surface area contributed by atoms with E-state index in [0.717, 1.165) is 20.2 Å². The number of nitrogens with two attached hydrogens (primary N) is 1. The van der Waals surface area contributed by atoms with Crippen molar-refractivity contribution in [3.63, 3.8) is 0 Å². The van der Waals surface area contributed by atoms with Crippen molar-refractivity contribution in [2.24, 2.45) is 5.84 Å². The molecule has 0 aliphatic carbocycles. The lowest BCUT2D eigenvalue weighted by molar-refractivity contribution is 1.11. The van der Waals surface area contributed by atoms with Gasteiger partial charge in [-0.05, 0) is 46.6 Å². The molecule has 0 radical (unpaired) electrons. The molecule has 0 saturated carbocycles. The van der Waals surface area contributed by atoms with Crippen LogP contribution in [0.25, 0.3) is 0 Å². The molecule has 0 aliphatic rings.